The number of anilines is 1. The standard InChI is InChI=1S/C19H21N3O3S/c1-4-22(5-2)26(24,25)18-12-17(10-9-14(18)3)21-19(23)16-8-6-7-15(11-16)13-20/h6-12H,4-5H2,1-3H3,(H,21,23). The molecule has 0 heterocycles. The van der Waals surface area contributed by atoms with E-state index in [1.165, 1.54) is 16.4 Å². The van der Waals surface area contributed by atoms with Crippen molar-refractivity contribution in [2.75, 3.05) is 18.4 Å². The molecule has 2 aromatic carbocycles. The van der Waals surface area contributed by atoms with Crippen molar-refractivity contribution in [3.05, 3.63) is 59.2 Å². The van der Waals surface area contributed by atoms with Crippen LogP contribution in [0, 0.1) is 18.3 Å². The van der Waals surface area contributed by atoms with Crippen molar-refractivity contribution in [3.63, 3.8) is 0 Å². The van der Waals surface area contributed by atoms with Gasteiger partial charge in [-0.3, -0.25) is 4.79 Å². The van der Waals surface area contributed by atoms with Crippen molar-refractivity contribution >= 4 is 21.6 Å². The van der Waals surface area contributed by atoms with Crippen LogP contribution < -0.4 is 5.32 Å². The Labute approximate surface area is 154 Å². The fourth-order valence-corrected chi connectivity index (χ4v) is 4.30. The van der Waals surface area contributed by atoms with E-state index in [1.807, 2.05) is 6.07 Å². The number of amides is 1. The fraction of sp³-hybridized carbons (Fsp3) is 0.263. The van der Waals surface area contributed by atoms with Gasteiger partial charge in [-0.1, -0.05) is 26.0 Å². The molecule has 0 atom stereocenters. The van der Waals surface area contributed by atoms with Crippen molar-refractivity contribution in [1.82, 2.24) is 4.31 Å². The van der Waals surface area contributed by atoms with Gasteiger partial charge in [0.1, 0.15) is 0 Å². The molecule has 1 amide bonds. The lowest BCUT2D eigenvalue weighted by Crippen LogP contribution is -2.31. The monoisotopic (exact) mass is 371 g/mol. The van der Waals surface area contributed by atoms with Gasteiger partial charge in [0.05, 0.1) is 16.5 Å². The van der Waals surface area contributed by atoms with Gasteiger partial charge in [-0.15, -0.1) is 0 Å². The van der Waals surface area contributed by atoms with Crippen LogP contribution in [0.3, 0.4) is 0 Å². The zero-order valence-corrected chi connectivity index (χ0v) is 15.8. The fourth-order valence-electron chi connectivity index (χ4n) is 2.59. The average molecular weight is 371 g/mol. The van der Waals surface area contributed by atoms with Crippen molar-refractivity contribution in [2.45, 2.75) is 25.7 Å². The second kappa shape index (κ2) is 8.13. The third kappa shape index (κ3) is 4.10. The van der Waals surface area contributed by atoms with Gasteiger partial charge in [0, 0.05) is 24.3 Å². The Hall–Kier alpha value is -2.69. The zero-order valence-electron chi connectivity index (χ0n) is 15.0. The Morgan fingerprint density at radius 2 is 1.85 bits per heavy atom. The summed E-state index contributed by atoms with van der Waals surface area (Å²) in [4.78, 5) is 12.6. The van der Waals surface area contributed by atoms with Crippen LogP contribution in [0.15, 0.2) is 47.4 Å². The van der Waals surface area contributed by atoms with E-state index in [1.54, 1.807) is 51.1 Å². The summed E-state index contributed by atoms with van der Waals surface area (Å²) in [5, 5.41) is 11.6. The van der Waals surface area contributed by atoms with Crippen molar-refractivity contribution < 1.29 is 13.2 Å². The highest BCUT2D eigenvalue weighted by Crippen LogP contribution is 2.24. The van der Waals surface area contributed by atoms with Gasteiger partial charge in [0.25, 0.3) is 5.91 Å². The van der Waals surface area contributed by atoms with Crippen molar-refractivity contribution in [3.8, 4) is 6.07 Å². The molecular weight excluding hydrogens is 350 g/mol. The summed E-state index contributed by atoms with van der Waals surface area (Å²) in [6, 6.07) is 13.1. The minimum absolute atomic E-state index is 0.171. The Bertz CT molecular complexity index is 958. The molecule has 0 aliphatic rings. The molecule has 0 saturated heterocycles. The number of nitrogens with zero attached hydrogens (tertiary/aromatic N) is 2. The minimum Gasteiger partial charge on any atom is -0.322 e. The van der Waals surface area contributed by atoms with Crippen LogP contribution >= 0.6 is 0 Å². The van der Waals surface area contributed by atoms with Gasteiger partial charge in [0.2, 0.25) is 10.0 Å². The van der Waals surface area contributed by atoms with Crippen LogP contribution in [0.1, 0.15) is 35.3 Å². The number of nitrogens with one attached hydrogen (secondary N) is 1. The number of carbonyl (C=O) groups excluding carboxylic acids is 1. The molecular formula is C19H21N3O3S. The van der Waals surface area contributed by atoms with E-state index in [2.05, 4.69) is 5.32 Å². The Kier molecular flexibility index (Phi) is 6.14. The molecule has 0 unspecified atom stereocenters. The van der Waals surface area contributed by atoms with E-state index >= 15 is 0 Å². The molecule has 136 valence electrons. The van der Waals surface area contributed by atoms with Crippen molar-refractivity contribution in [2.24, 2.45) is 0 Å². The Morgan fingerprint density at radius 3 is 2.46 bits per heavy atom. The van der Waals surface area contributed by atoms with Crippen LogP contribution in [-0.4, -0.2) is 31.7 Å². The third-order valence-electron chi connectivity index (χ3n) is 4.02. The number of benzene rings is 2. The zero-order chi connectivity index (χ0) is 19.3. The van der Waals surface area contributed by atoms with Crippen LogP contribution in [0.5, 0.6) is 0 Å². The number of carbonyl (C=O) groups is 1. The van der Waals surface area contributed by atoms with E-state index in [0.29, 0.717) is 35.5 Å². The van der Waals surface area contributed by atoms with E-state index in [-0.39, 0.29) is 4.90 Å². The molecule has 0 aliphatic heterocycles. The minimum atomic E-state index is -3.63. The summed E-state index contributed by atoms with van der Waals surface area (Å²) in [6.45, 7) is 6.03. The van der Waals surface area contributed by atoms with Gasteiger partial charge in [-0.2, -0.15) is 9.57 Å². The number of sulfonamides is 1. The number of nitriles is 1. The number of hydrogen-bond donors (Lipinski definition) is 1. The lowest BCUT2D eigenvalue weighted by molar-refractivity contribution is 0.102. The number of rotatable bonds is 6. The normalized spacial score (nSPS) is 11.2. The maximum absolute atomic E-state index is 12.8. The SMILES string of the molecule is CCN(CC)S(=O)(=O)c1cc(NC(=O)c2cccc(C#N)c2)ccc1C. The highest BCUT2D eigenvalue weighted by atomic mass is 32.2. The van der Waals surface area contributed by atoms with Gasteiger partial charge in [-0.05, 0) is 42.8 Å². The summed E-state index contributed by atoms with van der Waals surface area (Å²) in [7, 11) is -3.63. The molecule has 0 aliphatic carbocycles. The molecule has 26 heavy (non-hydrogen) atoms. The maximum Gasteiger partial charge on any atom is 0.255 e. The first-order chi connectivity index (χ1) is 12.3. The number of hydrogen-bond acceptors (Lipinski definition) is 4. The third-order valence-corrected chi connectivity index (χ3v) is 6.21. The summed E-state index contributed by atoms with van der Waals surface area (Å²) in [6.07, 6.45) is 0. The molecule has 2 rings (SSSR count). The number of aryl methyl sites for hydroxylation is 1. The molecule has 0 aromatic heterocycles. The second-order valence-corrected chi connectivity index (χ2v) is 7.62. The van der Waals surface area contributed by atoms with E-state index in [9.17, 15) is 13.2 Å². The Morgan fingerprint density at radius 1 is 1.15 bits per heavy atom. The van der Waals surface area contributed by atoms with Crippen molar-refractivity contribution in [1.29, 1.82) is 5.26 Å². The van der Waals surface area contributed by atoms with Crippen LogP contribution in [0.4, 0.5) is 5.69 Å². The van der Waals surface area contributed by atoms with Gasteiger partial charge in [0.15, 0.2) is 0 Å². The molecule has 0 fully saturated rings. The average Bonchev–Trinajstić information content (AvgIpc) is 2.64. The van der Waals surface area contributed by atoms with E-state index in [0.717, 1.165) is 0 Å². The summed E-state index contributed by atoms with van der Waals surface area (Å²) in [5.74, 6) is -0.405. The highest BCUT2D eigenvalue weighted by Gasteiger charge is 2.24. The first-order valence-electron chi connectivity index (χ1n) is 8.25. The van der Waals surface area contributed by atoms with Gasteiger partial charge >= 0.3 is 0 Å². The Balaban J connectivity index is 2.35. The lowest BCUT2D eigenvalue weighted by atomic mass is 10.1. The molecule has 0 saturated carbocycles. The topological polar surface area (TPSA) is 90.3 Å². The quantitative estimate of drug-likeness (QED) is 0.844. The summed E-state index contributed by atoms with van der Waals surface area (Å²) < 4.78 is 26.9. The maximum atomic E-state index is 12.8. The van der Waals surface area contributed by atoms with Gasteiger partial charge < -0.3 is 5.32 Å². The first kappa shape index (κ1) is 19.6. The largest absolute Gasteiger partial charge is 0.322 e. The molecule has 0 spiro atoms. The van der Waals surface area contributed by atoms with Crippen LogP contribution in [0.2, 0.25) is 0 Å². The first-order valence-corrected chi connectivity index (χ1v) is 9.69. The molecule has 0 bridgehead atoms. The van der Waals surface area contributed by atoms with E-state index in [4.69, 9.17) is 5.26 Å². The van der Waals surface area contributed by atoms with Crippen LogP contribution in [-0.2, 0) is 10.0 Å². The predicted octanol–water partition coefficient (Wildman–Crippen LogP) is 3.15. The molecule has 6 nitrogen and oxygen atoms in total. The molecule has 1 N–H and O–H groups in total. The molecule has 0 radical (unpaired) electrons. The summed E-state index contributed by atoms with van der Waals surface area (Å²) in [5.41, 5.74) is 1.71. The van der Waals surface area contributed by atoms with E-state index < -0.39 is 15.9 Å². The summed E-state index contributed by atoms with van der Waals surface area (Å²) >= 11 is 0. The smallest absolute Gasteiger partial charge is 0.255 e. The highest BCUT2D eigenvalue weighted by molar-refractivity contribution is 7.89. The van der Waals surface area contributed by atoms with Gasteiger partial charge in [-0.25, -0.2) is 8.42 Å². The second-order valence-electron chi connectivity index (χ2n) is 5.72. The molecule has 7 heteroatoms. The lowest BCUT2D eigenvalue weighted by Gasteiger charge is -2.20. The predicted molar refractivity (Wildman–Crippen MR) is 100 cm³/mol. The van der Waals surface area contributed by atoms with Crippen LogP contribution in [0.25, 0.3) is 0 Å². The molecule has 2 aromatic rings.